The number of rotatable bonds is 4. The molecule has 0 aromatic rings. The van der Waals surface area contributed by atoms with Gasteiger partial charge in [-0.25, -0.2) is 0 Å². The van der Waals surface area contributed by atoms with E-state index in [1.165, 1.54) is 0 Å². The Morgan fingerprint density at radius 2 is 2.38 bits per heavy atom. The molecule has 4 heteroatoms. The normalized spacial score (nSPS) is 22.7. The fraction of sp³-hybridized carbons (Fsp3) is 0.889. The molecule has 0 saturated carbocycles. The second-order valence-corrected chi connectivity index (χ2v) is 3.36. The molecule has 1 fully saturated rings. The van der Waals surface area contributed by atoms with Crippen molar-refractivity contribution in [3.05, 3.63) is 0 Å². The molecule has 13 heavy (non-hydrogen) atoms. The molecular weight excluding hydrogens is 166 g/mol. The van der Waals surface area contributed by atoms with Crippen molar-refractivity contribution >= 4 is 5.91 Å². The van der Waals surface area contributed by atoms with Gasteiger partial charge in [0.05, 0.1) is 6.04 Å². The molecule has 1 amide bonds. The van der Waals surface area contributed by atoms with Crippen LogP contribution < -0.4 is 16.0 Å². The highest BCUT2D eigenvalue weighted by Crippen LogP contribution is 1.88. The summed E-state index contributed by atoms with van der Waals surface area (Å²) < 4.78 is 0. The van der Waals surface area contributed by atoms with Crippen LogP contribution in [0.15, 0.2) is 0 Å². The Morgan fingerprint density at radius 1 is 1.54 bits per heavy atom. The summed E-state index contributed by atoms with van der Waals surface area (Å²) in [6, 6.07) is -0.0365. The van der Waals surface area contributed by atoms with Crippen LogP contribution in [-0.4, -0.2) is 38.1 Å². The third-order valence-corrected chi connectivity index (χ3v) is 2.19. The average Bonchev–Trinajstić information content (AvgIpc) is 2.19. The number of hydrogen-bond acceptors (Lipinski definition) is 3. The first-order valence-electron chi connectivity index (χ1n) is 5.06. The van der Waals surface area contributed by atoms with Crippen LogP contribution >= 0.6 is 0 Å². The van der Waals surface area contributed by atoms with Crippen molar-refractivity contribution in [1.82, 2.24) is 16.0 Å². The molecule has 4 nitrogen and oxygen atoms in total. The van der Waals surface area contributed by atoms with E-state index < -0.39 is 0 Å². The molecule has 1 aliphatic rings. The lowest BCUT2D eigenvalue weighted by molar-refractivity contribution is -0.123. The summed E-state index contributed by atoms with van der Waals surface area (Å²) in [5.74, 6) is 0.126. The minimum Gasteiger partial charge on any atom is -0.355 e. The van der Waals surface area contributed by atoms with Crippen LogP contribution in [0.1, 0.15) is 19.8 Å². The summed E-state index contributed by atoms with van der Waals surface area (Å²) in [7, 11) is 0. The van der Waals surface area contributed by atoms with Gasteiger partial charge in [0.1, 0.15) is 0 Å². The molecule has 0 bridgehead atoms. The van der Waals surface area contributed by atoms with E-state index in [2.05, 4.69) is 22.9 Å². The van der Waals surface area contributed by atoms with Crippen LogP contribution in [0.3, 0.4) is 0 Å². The van der Waals surface area contributed by atoms with E-state index >= 15 is 0 Å². The number of amides is 1. The fourth-order valence-electron chi connectivity index (χ4n) is 1.35. The van der Waals surface area contributed by atoms with Crippen LogP contribution in [0.5, 0.6) is 0 Å². The van der Waals surface area contributed by atoms with Crippen molar-refractivity contribution in [2.24, 2.45) is 0 Å². The van der Waals surface area contributed by atoms with Gasteiger partial charge in [-0.2, -0.15) is 0 Å². The maximum Gasteiger partial charge on any atom is 0.238 e. The maximum atomic E-state index is 11.5. The van der Waals surface area contributed by atoms with E-state index in [1.54, 1.807) is 0 Å². The molecule has 0 spiro atoms. The van der Waals surface area contributed by atoms with E-state index in [0.717, 1.165) is 39.0 Å². The van der Waals surface area contributed by atoms with Gasteiger partial charge in [-0.05, 0) is 6.42 Å². The number of carbonyl (C=O) groups is 1. The summed E-state index contributed by atoms with van der Waals surface area (Å²) >= 11 is 0. The van der Waals surface area contributed by atoms with Crippen molar-refractivity contribution in [2.75, 3.05) is 26.2 Å². The van der Waals surface area contributed by atoms with Crippen molar-refractivity contribution in [2.45, 2.75) is 25.8 Å². The van der Waals surface area contributed by atoms with Crippen molar-refractivity contribution in [1.29, 1.82) is 0 Å². The van der Waals surface area contributed by atoms with Crippen LogP contribution in [-0.2, 0) is 4.79 Å². The lowest BCUT2D eigenvalue weighted by atomic mass is 10.2. The van der Waals surface area contributed by atoms with Crippen LogP contribution in [0.25, 0.3) is 0 Å². The zero-order valence-corrected chi connectivity index (χ0v) is 8.23. The Bertz CT molecular complexity index is 155. The SMILES string of the molecule is CCCCNC(=O)[C@@H]1CNCCN1. The molecule has 1 rings (SSSR count). The zero-order chi connectivity index (χ0) is 9.52. The Hall–Kier alpha value is -0.610. The van der Waals surface area contributed by atoms with Gasteiger partial charge >= 0.3 is 0 Å². The van der Waals surface area contributed by atoms with Gasteiger partial charge < -0.3 is 16.0 Å². The lowest BCUT2D eigenvalue weighted by Gasteiger charge is -2.23. The molecule has 1 aliphatic heterocycles. The molecule has 1 heterocycles. The quantitative estimate of drug-likeness (QED) is 0.516. The second-order valence-electron chi connectivity index (χ2n) is 3.36. The predicted molar refractivity (Wildman–Crippen MR) is 52.6 cm³/mol. The monoisotopic (exact) mass is 185 g/mol. The zero-order valence-electron chi connectivity index (χ0n) is 8.23. The minimum absolute atomic E-state index is 0.0365. The summed E-state index contributed by atoms with van der Waals surface area (Å²) in [4.78, 5) is 11.5. The summed E-state index contributed by atoms with van der Waals surface area (Å²) in [5.41, 5.74) is 0. The molecule has 1 atom stereocenters. The van der Waals surface area contributed by atoms with Gasteiger partial charge in [-0.3, -0.25) is 4.79 Å². The maximum absolute atomic E-state index is 11.5. The standard InChI is InChI=1S/C9H19N3O/c1-2-3-4-12-9(13)8-7-10-5-6-11-8/h8,10-11H,2-7H2,1H3,(H,12,13)/t8-/m0/s1. The number of unbranched alkanes of at least 4 members (excludes halogenated alkanes) is 1. The molecule has 0 radical (unpaired) electrons. The Balaban J connectivity index is 2.13. The summed E-state index contributed by atoms with van der Waals surface area (Å²) in [6.45, 7) is 5.50. The Morgan fingerprint density at radius 3 is 3.00 bits per heavy atom. The molecule has 0 aromatic carbocycles. The molecule has 76 valence electrons. The minimum atomic E-state index is -0.0365. The molecule has 3 N–H and O–H groups in total. The average molecular weight is 185 g/mol. The molecule has 0 aromatic heterocycles. The smallest absolute Gasteiger partial charge is 0.238 e. The van der Waals surface area contributed by atoms with Gasteiger partial charge in [0.25, 0.3) is 0 Å². The van der Waals surface area contributed by atoms with E-state index in [4.69, 9.17) is 0 Å². The van der Waals surface area contributed by atoms with E-state index in [-0.39, 0.29) is 11.9 Å². The molecule has 1 saturated heterocycles. The molecule has 0 unspecified atom stereocenters. The highest BCUT2D eigenvalue weighted by atomic mass is 16.2. The fourth-order valence-corrected chi connectivity index (χ4v) is 1.35. The highest BCUT2D eigenvalue weighted by Gasteiger charge is 2.18. The van der Waals surface area contributed by atoms with E-state index in [0.29, 0.717) is 0 Å². The van der Waals surface area contributed by atoms with Crippen LogP contribution in [0.4, 0.5) is 0 Å². The first-order valence-corrected chi connectivity index (χ1v) is 5.06. The highest BCUT2D eigenvalue weighted by molar-refractivity contribution is 5.82. The van der Waals surface area contributed by atoms with Gasteiger partial charge in [-0.1, -0.05) is 13.3 Å². The van der Waals surface area contributed by atoms with Gasteiger partial charge in [0.15, 0.2) is 0 Å². The topological polar surface area (TPSA) is 53.2 Å². The summed E-state index contributed by atoms with van der Waals surface area (Å²) in [5, 5.41) is 9.27. The lowest BCUT2D eigenvalue weighted by Crippen LogP contribution is -2.55. The first-order chi connectivity index (χ1) is 6.34. The summed E-state index contributed by atoms with van der Waals surface area (Å²) in [6.07, 6.45) is 2.18. The number of piperazine rings is 1. The predicted octanol–water partition coefficient (Wildman–Crippen LogP) is -0.536. The van der Waals surface area contributed by atoms with E-state index in [9.17, 15) is 4.79 Å². The van der Waals surface area contributed by atoms with Gasteiger partial charge in [-0.15, -0.1) is 0 Å². The Kier molecular flexibility index (Phi) is 4.78. The van der Waals surface area contributed by atoms with E-state index in [1.807, 2.05) is 0 Å². The first kappa shape index (κ1) is 10.5. The van der Waals surface area contributed by atoms with Gasteiger partial charge in [0.2, 0.25) is 5.91 Å². The largest absolute Gasteiger partial charge is 0.355 e. The molecule has 0 aliphatic carbocycles. The van der Waals surface area contributed by atoms with Crippen LogP contribution in [0.2, 0.25) is 0 Å². The Labute approximate surface area is 79.5 Å². The number of carbonyl (C=O) groups excluding carboxylic acids is 1. The van der Waals surface area contributed by atoms with Crippen molar-refractivity contribution < 1.29 is 4.79 Å². The number of hydrogen-bond donors (Lipinski definition) is 3. The van der Waals surface area contributed by atoms with Crippen molar-refractivity contribution in [3.8, 4) is 0 Å². The molecular formula is C9H19N3O. The third kappa shape index (κ3) is 3.74. The number of nitrogens with one attached hydrogen (secondary N) is 3. The van der Waals surface area contributed by atoms with Crippen LogP contribution in [0, 0.1) is 0 Å². The third-order valence-electron chi connectivity index (χ3n) is 2.19. The second kappa shape index (κ2) is 5.94. The van der Waals surface area contributed by atoms with Crippen molar-refractivity contribution in [3.63, 3.8) is 0 Å². The van der Waals surface area contributed by atoms with Gasteiger partial charge in [0, 0.05) is 26.2 Å².